The average Bonchev–Trinajstić information content (AvgIpc) is 2.43. The molecule has 0 atom stereocenters. The van der Waals surface area contributed by atoms with Crippen LogP contribution in [-0.2, 0) is 0 Å². The number of piperidine rings is 1. The first-order chi connectivity index (χ1) is 9.28. The van der Waals surface area contributed by atoms with Gasteiger partial charge in [-0.1, -0.05) is 17.7 Å². The van der Waals surface area contributed by atoms with Crippen LogP contribution < -0.4 is 5.32 Å². The van der Waals surface area contributed by atoms with Crippen LogP contribution in [0.3, 0.4) is 0 Å². The van der Waals surface area contributed by atoms with Crippen LogP contribution in [0.15, 0.2) is 29.2 Å². The molecule has 19 heavy (non-hydrogen) atoms. The Morgan fingerprint density at radius 1 is 1.21 bits per heavy atom. The number of likely N-dealkylation sites (tertiary alicyclic amines) is 1. The second kappa shape index (κ2) is 7.93. The van der Waals surface area contributed by atoms with Gasteiger partial charge in [-0.15, -0.1) is 11.8 Å². The Morgan fingerprint density at radius 3 is 2.53 bits per heavy atom. The van der Waals surface area contributed by atoms with Crippen molar-refractivity contribution in [1.82, 2.24) is 10.2 Å². The van der Waals surface area contributed by atoms with Crippen LogP contribution >= 0.6 is 11.8 Å². The number of aryl methyl sites for hydroxylation is 1. The first kappa shape index (κ1) is 14.9. The van der Waals surface area contributed by atoms with E-state index in [9.17, 15) is 0 Å². The molecule has 1 aliphatic rings. The van der Waals surface area contributed by atoms with Crippen molar-refractivity contribution >= 4 is 11.8 Å². The molecule has 1 heterocycles. The number of hydrogen-bond donors (Lipinski definition) is 1. The average molecular weight is 278 g/mol. The van der Waals surface area contributed by atoms with E-state index in [4.69, 9.17) is 0 Å². The maximum Gasteiger partial charge on any atom is 0.0108 e. The minimum atomic E-state index is 0.894. The van der Waals surface area contributed by atoms with Crippen LogP contribution in [0.4, 0.5) is 0 Å². The molecule has 0 unspecified atom stereocenters. The second-order valence-electron chi connectivity index (χ2n) is 5.50. The van der Waals surface area contributed by atoms with E-state index >= 15 is 0 Å². The Kier molecular flexibility index (Phi) is 6.21. The summed E-state index contributed by atoms with van der Waals surface area (Å²) in [6.07, 6.45) is 2.71. The molecule has 1 aliphatic heterocycles. The van der Waals surface area contributed by atoms with Gasteiger partial charge in [-0.2, -0.15) is 0 Å². The molecule has 1 fully saturated rings. The van der Waals surface area contributed by atoms with Crippen molar-refractivity contribution < 1.29 is 0 Å². The van der Waals surface area contributed by atoms with E-state index in [1.54, 1.807) is 0 Å². The van der Waals surface area contributed by atoms with Gasteiger partial charge in [0.1, 0.15) is 0 Å². The summed E-state index contributed by atoms with van der Waals surface area (Å²) in [5, 5.41) is 3.30. The van der Waals surface area contributed by atoms with E-state index in [1.807, 2.05) is 11.8 Å². The number of thioether (sulfide) groups is 1. The molecule has 0 amide bonds. The summed E-state index contributed by atoms with van der Waals surface area (Å²) in [6.45, 7) is 7.11. The SMILES string of the molecule is CNCC1CCN(CCSc2ccc(C)cc2)CC1. The van der Waals surface area contributed by atoms with Crippen LogP contribution in [0.25, 0.3) is 0 Å². The van der Waals surface area contributed by atoms with E-state index in [-0.39, 0.29) is 0 Å². The molecular formula is C16H26N2S. The summed E-state index contributed by atoms with van der Waals surface area (Å²) in [5.41, 5.74) is 1.34. The van der Waals surface area contributed by atoms with Crippen molar-refractivity contribution in [2.24, 2.45) is 5.92 Å². The maximum absolute atomic E-state index is 3.30. The van der Waals surface area contributed by atoms with Crippen molar-refractivity contribution in [2.45, 2.75) is 24.7 Å². The minimum Gasteiger partial charge on any atom is -0.319 e. The highest BCUT2D eigenvalue weighted by molar-refractivity contribution is 7.99. The zero-order chi connectivity index (χ0) is 13.5. The fourth-order valence-corrected chi connectivity index (χ4v) is 3.54. The lowest BCUT2D eigenvalue weighted by atomic mass is 9.97. The summed E-state index contributed by atoms with van der Waals surface area (Å²) < 4.78 is 0. The molecule has 2 rings (SSSR count). The molecule has 0 saturated carbocycles. The standard InChI is InChI=1S/C16H26N2S/c1-14-3-5-16(6-4-14)19-12-11-18-9-7-15(8-10-18)13-17-2/h3-6,15,17H,7-13H2,1-2H3. The lowest BCUT2D eigenvalue weighted by molar-refractivity contribution is 0.193. The lowest BCUT2D eigenvalue weighted by Gasteiger charge is -2.31. The van der Waals surface area contributed by atoms with Gasteiger partial charge in [-0.3, -0.25) is 0 Å². The summed E-state index contributed by atoms with van der Waals surface area (Å²) in [6, 6.07) is 8.87. The molecule has 0 radical (unpaired) electrons. The number of nitrogens with zero attached hydrogens (tertiary/aromatic N) is 1. The molecule has 0 aliphatic carbocycles. The third-order valence-corrected chi connectivity index (χ3v) is 4.89. The molecule has 0 spiro atoms. The second-order valence-corrected chi connectivity index (χ2v) is 6.67. The number of rotatable bonds is 6. The summed E-state index contributed by atoms with van der Waals surface area (Å²) in [4.78, 5) is 4.02. The van der Waals surface area contributed by atoms with E-state index < -0.39 is 0 Å². The molecule has 2 nitrogen and oxygen atoms in total. The molecule has 1 N–H and O–H groups in total. The molecule has 1 aromatic carbocycles. The normalized spacial score (nSPS) is 17.8. The summed E-state index contributed by atoms with van der Waals surface area (Å²) in [5.74, 6) is 2.10. The number of benzene rings is 1. The topological polar surface area (TPSA) is 15.3 Å². The van der Waals surface area contributed by atoms with Crippen LogP contribution in [-0.4, -0.2) is 43.9 Å². The largest absolute Gasteiger partial charge is 0.319 e. The molecule has 1 saturated heterocycles. The molecule has 106 valence electrons. The minimum absolute atomic E-state index is 0.894. The fraction of sp³-hybridized carbons (Fsp3) is 0.625. The van der Waals surface area contributed by atoms with Crippen LogP contribution in [0, 0.1) is 12.8 Å². The van der Waals surface area contributed by atoms with E-state index in [0.29, 0.717) is 0 Å². The first-order valence-electron chi connectivity index (χ1n) is 7.34. The Balaban J connectivity index is 1.63. The molecule has 0 bridgehead atoms. The van der Waals surface area contributed by atoms with Gasteiger partial charge in [0.15, 0.2) is 0 Å². The molecular weight excluding hydrogens is 252 g/mol. The Bertz CT molecular complexity index is 356. The molecule has 0 aromatic heterocycles. The van der Waals surface area contributed by atoms with Crippen molar-refractivity contribution in [3.63, 3.8) is 0 Å². The van der Waals surface area contributed by atoms with Crippen molar-refractivity contribution in [3.05, 3.63) is 29.8 Å². The molecule has 3 heteroatoms. The van der Waals surface area contributed by atoms with Crippen LogP contribution in [0.1, 0.15) is 18.4 Å². The smallest absolute Gasteiger partial charge is 0.0108 e. The van der Waals surface area contributed by atoms with Crippen molar-refractivity contribution in [3.8, 4) is 0 Å². The lowest BCUT2D eigenvalue weighted by Crippen LogP contribution is -2.37. The predicted octanol–water partition coefficient (Wildman–Crippen LogP) is 3.02. The van der Waals surface area contributed by atoms with Gasteiger partial charge in [0.2, 0.25) is 0 Å². The van der Waals surface area contributed by atoms with E-state index in [1.165, 1.54) is 55.2 Å². The van der Waals surface area contributed by atoms with Crippen LogP contribution in [0.2, 0.25) is 0 Å². The van der Waals surface area contributed by atoms with Gasteiger partial charge in [-0.05, 0) is 64.5 Å². The van der Waals surface area contributed by atoms with Gasteiger partial charge in [0.25, 0.3) is 0 Å². The van der Waals surface area contributed by atoms with Crippen LogP contribution in [0.5, 0.6) is 0 Å². The monoisotopic (exact) mass is 278 g/mol. The van der Waals surface area contributed by atoms with E-state index in [2.05, 4.69) is 48.5 Å². The zero-order valence-corrected chi connectivity index (χ0v) is 13.0. The Labute approximate surface area is 122 Å². The van der Waals surface area contributed by atoms with Gasteiger partial charge < -0.3 is 10.2 Å². The van der Waals surface area contributed by atoms with Crippen molar-refractivity contribution in [1.29, 1.82) is 0 Å². The Morgan fingerprint density at radius 2 is 1.89 bits per heavy atom. The van der Waals surface area contributed by atoms with Gasteiger partial charge in [0.05, 0.1) is 0 Å². The number of hydrogen-bond acceptors (Lipinski definition) is 3. The highest BCUT2D eigenvalue weighted by atomic mass is 32.2. The van der Waals surface area contributed by atoms with Crippen molar-refractivity contribution in [2.75, 3.05) is 39.0 Å². The first-order valence-corrected chi connectivity index (χ1v) is 8.33. The maximum atomic E-state index is 3.30. The molecule has 1 aromatic rings. The highest BCUT2D eigenvalue weighted by Gasteiger charge is 2.17. The quantitative estimate of drug-likeness (QED) is 0.805. The zero-order valence-electron chi connectivity index (χ0n) is 12.2. The van der Waals surface area contributed by atoms with Gasteiger partial charge in [-0.25, -0.2) is 0 Å². The number of nitrogens with one attached hydrogen (secondary N) is 1. The van der Waals surface area contributed by atoms with Gasteiger partial charge in [0, 0.05) is 17.2 Å². The third kappa shape index (κ3) is 5.17. The Hall–Kier alpha value is -0.510. The highest BCUT2D eigenvalue weighted by Crippen LogP contribution is 2.20. The van der Waals surface area contributed by atoms with E-state index in [0.717, 1.165) is 5.92 Å². The predicted molar refractivity (Wildman–Crippen MR) is 85.0 cm³/mol. The summed E-state index contributed by atoms with van der Waals surface area (Å²) >= 11 is 1.98. The fourth-order valence-electron chi connectivity index (χ4n) is 2.63. The third-order valence-electron chi connectivity index (χ3n) is 3.90. The van der Waals surface area contributed by atoms with Gasteiger partial charge >= 0.3 is 0 Å². The summed E-state index contributed by atoms with van der Waals surface area (Å²) in [7, 11) is 2.06.